The highest BCUT2D eigenvalue weighted by Gasteiger charge is 2.40. The lowest BCUT2D eigenvalue weighted by molar-refractivity contribution is -0.128. The first-order valence-electron chi connectivity index (χ1n) is 12.2. The number of hydrogen-bond donors (Lipinski definition) is 2. The summed E-state index contributed by atoms with van der Waals surface area (Å²) in [5.74, 6) is -1.77. The maximum Gasteiger partial charge on any atom is 0.248 e. The van der Waals surface area contributed by atoms with Gasteiger partial charge in [0.1, 0.15) is 18.0 Å². The molecule has 1 saturated heterocycles. The number of fused-ring (bicyclic) bond motifs is 1. The topological polar surface area (TPSA) is 136 Å². The Bertz CT molecular complexity index is 1630. The standard InChI is InChI=1S/C26H21ClF2N8O2/c27-17-6-8-20(36-12-32-34-35-36)23(24(17)29)13-1-3-15-4-7-21(37(15)22(38)10-13)26-31-11-19(33-26)16-5-2-14(25(30)39)9-18(16)28/h2,5-6,8-12,15,21H,1,3-4,7H2,(H2,30,39)(H,31,33)/t15-,21+/m1/s1. The van der Waals surface area contributed by atoms with E-state index in [4.69, 9.17) is 17.3 Å². The molecule has 2 amide bonds. The van der Waals surface area contributed by atoms with Gasteiger partial charge in [-0.25, -0.2) is 13.8 Å². The van der Waals surface area contributed by atoms with Gasteiger partial charge in [-0.2, -0.15) is 4.68 Å². The second-order valence-electron chi connectivity index (χ2n) is 9.45. The summed E-state index contributed by atoms with van der Waals surface area (Å²) in [6.07, 6.45) is 6.71. The third-order valence-corrected chi connectivity index (χ3v) is 7.54. The van der Waals surface area contributed by atoms with Gasteiger partial charge in [0, 0.05) is 28.8 Å². The van der Waals surface area contributed by atoms with Crippen LogP contribution in [0.5, 0.6) is 0 Å². The van der Waals surface area contributed by atoms with Crippen LogP contribution >= 0.6 is 11.6 Å². The summed E-state index contributed by atoms with van der Waals surface area (Å²) in [5, 5.41) is 11.1. The molecule has 0 bridgehead atoms. The van der Waals surface area contributed by atoms with E-state index in [0.29, 0.717) is 42.0 Å². The van der Waals surface area contributed by atoms with Crippen LogP contribution in [0, 0.1) is 11.6 Å². The lowest BCUT2D eigenvalue weighted by Crippen LogP contribution is -2.35. The fraction of sp³-hybridized carbons (Fsp3) is 0.231. The summed E-state index contributed by atoms with van der Waals surface area (Å²) in [7, 11) is 0. The van der Waals surface area contributed by atoms with Crippen LogP contribution < -0.4 is 5.73 Å². The van der Waals surface area contributed by atoms with Crippen molar-refractivity contribution in [2.75, 3.05) is 0 Å². The van der Waals surface area contributed by atoms with Gasteiger partial charge in [0.2, 0.25) is 11.8 Å². The van der Waals surface area contributed by atoms with Gasteiger partial charge < -0.3 is 15.6 Å². The summed E-state index contributed by atoms with van der Waals surface area (Å²) in [4.78, 5) is 34.3. The highest BCUT2D eigenvalue weighted by Crippen LogP contribution is 2.42. The predicted octanol–water partition coefficient (Wildman–Crippen LogP) is 3.99. The molecule has 4 heterocycles. The van der Waals surface area contributed by atoms with Crippen LogP contribution in [0.3, 0.4) is 0 Å². The van der Waals surface area contributed by atoms with E-state index in [-0.39, 0.29) is 39.7 Å². The second-order valence-corrected chi connectivity index (χ2v) is 9.86. The number of primary amides is 1. The van der Waals surface area contributed by atoms with E-state index in [1.807, 2.05) is 0 Å². The molecule has 10 nitrogen and oxygen atoms in total. The minimum atomic E-state index is -0.724. The van der Waals surface area contributed by atoms with Crippen molar-refractivity contribution in [3.63, 3.8) is 0 Å². The van der Waals surface area contributed by atoms with Crippen LogP contribution in [0.25, 0.3) is 22.5 Å². The first kappa shape index (κ1) is 24.9. The van der Waals surface area contributed by atoms with E-state index in [1.54, 1.807) is 11.0 Å². The molecular weight excluding hydrogens is 530 g/mol. The highest BCUT2D eigenvalue weighted by molar-refractivity contribution is 6.31. The smallest absolute Gasteiger partial charge is 0.248 e. The lowest BCUT2D eigenvalue weighted by Gasteiger charge is -2.27. The monoisotopic (exact) mass is 550 g/mol. The summed E-state index contributed by atoms with van der Waals surface area (Å²) < 4.78 is 31.4. The van der Waals surface area contributed by atoms with Gasteiger partial charge in [0.05, 0.1) is 28.6 Å². The van der Waals surface area contributed by atoms with Crippen LogP contribution in [-0.4, -0.2) is 52.9 Å². The van der Waals surface area contributed by atoms with E-state index in [2.05, 4.69) is 25.5 Å². The zero-order valence-electron chi connectivity index (χ0n) is 20.3. The van der Waals surface area contributed by atoms with Gasteiger partial charge in [-0.15, -0.1) is 5.10 Å². The largest absolute Gasteiger partial charge is 0.366 e. The Hall–Kier alpha value is -4.45. The normalized spacial score (nSPS) is 19.1. The Morgan fingerprint density at radius 2 is 2.00 bits per heavy atom. The fourth-order valence-electron chi connectivity index (χ4n) is 5.42. The Morgan fingerprint density at radius 3 is 2.74 bits per heavy atom. The van der Waals surface area contributed by atoms with Crippen LogP contribution in [-0.2, 0) is 4.79 Å². The van der Waals surface area contributed by atoms with Crippen molar-refractivity contribution in [1.29, 1.82) is 0 Å². The van der Waals surface area contributed by atoms with Gasteiger partial charge in [0.25, 0.3) is 0 Å². The fourth-order valence-corrected chi connectivity index (χ4v) is 5.58. The van der Waals surface area contributed by atoms with E-state index >= 15 is 4.39 Å². The summed E-state index contributed by atoms with van der Waals surface area (Å²) in [5.41, 5.74) is 6.98. The third-order valence-electron chi connectivity index (χ3n) is 7.25. The number of benzene rings is 2. The first-order valence-corrected chi connectivity index (χ1v) is 12.6. The Balaban J connectivity index is 1.32. The van der Waals surface area contributed by atoms with Crippen LogP contribution in [0.2, 0.25) is 5.02 Å². The highest BCUT2D eigenvalue weighted by atomic mass is 35.5. The molecule has 4 aromatic rings. The van der Waals surface area contributed by atoms with E-state index in [1.165, 1.54) is 41.5 Å². The van der Waals surface area contributed by atoms with E-state index < -0.39 is 17.5 Å². The Morgan fingerprint density at radius 1 is 1.15 bits per heavy atom. The summed E-state index contributed by atoms with van der Waals surface area (Å²) in [6.45, 7) is 0. The number of aromatic nitrogens is 6. The number of carbonyl (C=O) groups excluding carboxylic acids is 2. The molecule has 0 spiro atoms. The van der Waals surface area contributed by atoms with E-state index in [0.717, 1.165) is 12.5 Å². The van der Waals surface area contributed by atoms with Crippen LogP contribution in [0.4, 0.5) is 8.78 Å². The number of halogens is 3. The SMILES string of the molecule is NC(=O)c1ccc(-c2cnc([C@@H]3CC[C@H]4CCC(c5c(-n6cnnn6)ccc(Cl)c5F)=CC(=O)N43)[nH]2)c(F)c1. The Labute approximate surface area is 225 Å². The number of carbonyl (C=O) groups is 2. The van der Waals surface area contributed by atoms with Crippen molar-refractivity contribution in [1.82, 2.24) is 35.1 Å². The van der Waals surface area contributed by atoms with Gasteiger partial charge in [0.15, 0.2) is 5.82 Å². The maximum absolute atomic E-state index is 15.3. The molecule has 0 unspecified atom stereocenters. The number of rotatable bonds is 5. The van der Waals surface area contributed by atoms with Gasteiger partial charge in [-0.05, 0) is 72.0 Å². The summed E-state index contributed by atoms with van der Waals surface area (Å²) >= 11 is 6.11. The molecule has 2 aromatic heterocycles. The first-order chi connectivity index (χ1) is 18.8. The van der Waals surface area contributed by atoms with Crippen molar-refractivity contribution in [3.05, 3.63) is 82.5 Å². The molecule has 6 rings (SSSR count). The van der Waals surface area contributed by atoms with Crippen molar-refractivity contribution >= 4 is 29.0 Å². The molecule has 2 atom stereocenters. The molecular formula is C26H21ClF2N8O2. The zero-order chi connectivity index (χ0) is 27.3. The minimum Gasteiger partial charge on any atom is -0.366 e. The molecule has 2 aliphatic heterocycles. The number of amides is 2. The summed E-state index contributed by atoms with van der Waals surface area (Å²) in [6, 6.07) is 6.54. The number of imidazole rings is 1. The van der Waals surface area contributed by atoms with E-state index in [9.17, 15) is 14.0 Å². The van der Waals surface area contributed by atoms with Crippen molar-refractivity contribution in [2.24, 2.45) is 5.73 Å². The molecule has 1 fully saturated rings. The third kappa shape index (κ3) is 4.36. The number of tetrazole rings is 1. The maximum atomic E-state index is 15.3. The number of aromatic amines is 1. The average Bonchev–Trinajstić information content (AvgIpc) is 3.67. The molecule has 198 valence electrons. The van der Waals surface area contributed by atoms with Crippen molar-refractivity contribution < 1.29 is 18.4 Å². The van der Waals surface area contributed by atoms with Crippen molar-refractivity contribution in [2.45, 2.75) is 37.8 Å². The molecule has 0 aliphatic carbocycles. The number of H-pyrrole nitrogens is 1. The molecule has 3 N–H and O–H groups in total. The molecule has 2 aliphatic rings. The molecule has 39 heavy (non-hydrogen) atoms. The Kier molecular flexibility index (Phi) is 6.18. The molecule has 0 radical (unpaired) electrons. The average molecular weight is 551 g/mol. The lowest BCUT2D eigenvalue weighted by atomic mass is 9.96. The van der Waals surface area contributed by atoms with Crippen LogP contribution in [0.1, 0.15) is 53.5 Å². The number of allylic oxidation sites excluding steroid dienone is 1. The molecule has 2 aromatic carbocycles. The van der Waals surface area contributed by atoms with Gasteiger partial charge in [-0.3, -0.25) is 9.59 Å². The zero-order valence-corrected chi connectivity index (χ0v) is 21.1. The quantitative estimate of drug-likeness (QED) is 0.385. The minimum absolute atomic E-state index is 0.0618. The number of nitrogens with one attached hydrogen (secondary N) is 1. The van der Waals surface area contributed by atoms with Gasteiger partial charge >= 0.3 is 0 Å². The number of hydrogen-bond acceptors (Lipinski definition) is 6. The molecule has 0 saturated carbocycles. The van der Waals surface area contributed by atoms with Crippen LogP contribution in [0.15, 0.2) is 48.9 Å². The molecule has 13 heteroatoms. The number of nitrogens with two attached hydrogens (primary N) is 1. The predicted molar refractivity (Wildman–Crippen MR) is 136 cm³/mol. The second kappa shape index (κ2) is 9.70. The number of nitrogens with zero attached hydrogens (tertiary/aromatic N) is 6. The van der Waals surface area contributed by atoms with Crippen molar-refractivity contribution in [3.8, 4) is 16.9 Å². The van der Waals surface area contributed by atoms with Gasteiger partial charge in [-0.1, -0.05) is 11.6 Å².